The van der Waals surface area contributed by atoms with Crippen molar-refractivity contribution < 1.29 is 4.79 Å². The van der Waals surface area contributed by atoms with Crippen molar-refractivity contribution >= 4 is 34.8 Å². The second-order valence-corrected chi connectivity index (χ2v) is 6.80. The van der Waals surface area contributed by atoms with Crippen molar-refractivity contribution in [3.05, 3.63) is 58.6 Å². The lowest BCUT2D eigenvalue weighted by Gasteiger charge is -2.05. The van der Waals surface area contributed by atoms with Crippen molar-refractivity contribution in [2.75, 3.05) is 5.75 Å². The maximum absolute atomic E-state index is 12.8. The SMILES string of the molecule is CCSc1c(C(=O)Cc2cc(C)cnc2Cl)nc2ccccn12. The van der Waals surface area contributed by atoms with Gasteiger partial charge in [0.1, 0.15) is 21.5 Å². The molecule has 0 aromatic carbocycles. The predicted molar refractivity (Wildman–Crippen MR) is 93.6 cm³/mol. The number of carbonyl (C=O) groups excluding carboxylic acids is 1. The van der Waals surface area contributed by atoms with Gasteiger partial charge in [0, 0.05) is 18.8 Å². The first-order valence-electron chi connectivity index (χ1n) is 7.34. The number of nitrogens with zero attached hydrogens (tertiary/aromatic N) is 3. The molecule has 0 aliphatic rings. The number of rotatable bonds is 5. The van der Waals surface area contributed by atoms with Gasteiger partial charge < -0.3 is 0 Å². The second-order valence-electron chi connectivity index (χ2n) is 5.19. The van der Waals surface area contributed by atoms with Crippen molar-refractivity contribution in [1.82, 2.24) is 14.4 Å². The molecule has 3 aromatic heterocycles. The first-order valence-corrected chi connectivity index (χ1v) is 8.70. The van der Waals surface area contributed by atoms with Crippen LogP contribution in [0.5, 0.6) is 0 Å². The van der Waals surface area contributed by atoms with E-state index in [4.69, 9.17) is 11.6 Å². The molecular formula is C17H16ClN3OS. The van der Waals surface area contributed by atoms with Crippen LogP contribution in [-0.4, -0.2) is 25.9 Å². The molecule has 0 saturated heterocycles. The Morgan fingerprint density at radius 3 is 3.00 bits per heavy atom. The van der Waals surface area contributed by atoms with Crippen LogP contribution in [0.25, 0.3) is 5.65 Å². The van der Waals surface area contributed by atoms with E-state index in [0.29, 0.717) is 10.8 Å². The molecule has 0 N–H and O–H groups in total. The molecule has 3 rings (SSSR count). The smallest absolute Gasteiger partial charge is 0.188 e. The minimum atomic E-state index is -0.0426. The number of aryl methyl sites for hydroxylation is 1. The summed E-state index contributed by atoms with van der Waals surface area (Å²) in [4.78, 5) is 21.4. The highest BCUT2D eigenvalue weighted by Crippen LogP contribution is 2.26. The Morgan fingerprint density at radius 2 is 2.22 bits per heavy atom. The van der Waals surface area contributed by atoms with Gasteiger partial charge in [-0.1, -0.05) is 30.7 Å². The number of ketones is 1. The van der Waals surface area contributed by atoms with Gasteiger partial charge in [0.05, 0.1) is 0 Å². The number of Topliss-reactive ketones (excluding diaryl/α,β-unsaturated/α-hetero) is 1. The quantitative estimate of drug-likeness (QED) is 0.394. The summed E-state index contributed by atoms with van der Waals surface area (Å²) in [5.74, 6) is 0.828. The average molecular weight is 346 g/mol. The standard InChI is InChI=1S/C17H16ClN3OS/c1-3-23-17-15(20-14-6-4-5-7-21(14)17)13(22)9-12-8-11(2)10-19-16(12)18/h4-8,10H,3,9H2,1-2H3. The molecule has 23 heavy (non-hydrogen) atoms. The molecule has 0 saturated carbocycles. The molecule has 3 aromatic rings. The van der Waals surface area contributed by atoms with E-state index in [2.05, 4.69) is 16.9 Å². The molecule has 0 spiro atoms. The lowest BCUT2D eigenvalue weighted by Crippen LogP contribution is -2.07. The number of halogens is 1. The first-order chi connectivity index (χ1) is 11.1. The highest BCUT2D eigenvalue weighted by Gasteiger charge is 2.20. The van der Waals surface area contributed by atoms with Crippen LogP contribution in [0.1, 0.15) is 28.5 Å². The Bertz CT molecular complexity index is 875. The maximum atomic E-state index is 12.8. The van der Waals surface area contributed by atoms with Crippen molar-refractivity contribution in [3.8, 4) is 0 Å². The van der Waals surface area contributed by atoms with Gasteiger partial charge in [0.25, 0.3) is 0 Å². The largest absolute Gasteiger partial charge is 0.294 e. The van der Waals surface area contributed by atoms with E-state index in [1.807, 2.05) is 41.8 Å². The highest BCUT2D eigenvalue weighted by molar-refractivity contribution is 7.99. The number of pyridine rings is 2. The Morgan fingerprint density at radius 1 is 1.39 bits per heavy atom. The Balaban J connectivity index is 2.00. The predicted octanol–water partition coefficient (Wildman–Crippen LogP) is 4.23. The van der Waals surface area contributed by atoms with E-state index in [9.17, 15) is 4.79 Å². The average Bonchev–Trinajstić information content (AvgIpc) is 2.90. The number of thioether (sulfide) groups is 1. The third kappa shape index (κ3) is 3.26. The van der Waals surface area contributed by atoms with E-state index in [-0.39, 0.29) is 12.2 Å². The molecule has 0 amide bonds. The van der Waals surface area contributed by atoms with E-state index < -0.39 is 0 Å². The fourth-order valence-corrected chi connectivity index (χ4v) is 3.46. The van der Waals surface area contributed by atoms with Crippen LogP contribution in [0.3, 0.4) is 0 Å². The number of aromatic nitrogens is 3. The Hall–Kier alpha value is -1.85. The lowest BCUT2D eigenvalue weighted by atomic mass is 10.1. The zero-order valence-electron chi connectivity index (χ0n) is 12.9. The molecule has 0 fully saturated rings. The third-order valence-electron chi connectivity index (χ3n) is 3.43. The third-order valence-corrected chi connectivity index (χ3v) is 4.72. The minimum Gasteiger partial charge on any atom is -0.294 e. The molecule has 6 heteroatoms. The zero-order valence-corrected chi connectivity index (χ0v) is 14.5. The number of imidazole rings is 1. The molecular weight excluding hydrogens is 330 g/mol. The van der Waals surface area contributed by atoms with Gasteiger partial charge in [-0.2, -0.15) is 0 Å². The van der Waals surface area contributed by atoms with Crippen LogP contribution in [0.15, 0.2) is 41.7 Å². The Kier molecular flexibility index (Phi) is 4.68. The monoisotopic (exact) mass is 345 g/mol. The lowest BCUT2D eigenvalue weighted by molar-refractivity contribution is 0.0985. The molecule has 4 nitrogen and oxygen atoms in total. The summed E-state index contributed by atoms with van der Waals surface area (Å²) in [6, 6.07) is 7.65. The van der Waals surface area contributed by atoms with Gasteiger partial charge in [-0.05, 0) is 35.9 Å². The van der Waals surface area contributed by atoms with Crippen LogP contribution in [0, 0.1) is 6.92 Å². The second kappa shape index (κ2) is 6.72. The summed E-state index contributed by atoms with van der Waals surface area (Å²) in [5, 5.41) is 1.25. The van der Waals surface area contributed by atoms with Gasteiger partial charge in [-0.15, -0.1) is 11.8 Å². The molecule has 0 unspecified atom stereocenters. The Labute approximate surface area is 143 Å². The first kappa shape index (κ1) is 16.0. The van der Waals surface area contributed by atoms with E-state index in [1.54, 1.807) is 18.0 Å². The summed E-state index contributed by atoms with van der Waals surface area (Å²) >= 11 is 7.73. The van der Waals surface area contributed by atoms with Crippen LogP contribution in [-0.2, 0) is 6.42 Å². The zero-order chi connectivity index (χ0) is 16.4. The summed E-state index contributed by atoms with van der Waals surface area (Å²) in [7, 11) is 0. The number of hydrogen-bond acceptors (Lipinski definition) is 4. The van der Waals surface area contributed by atoms with E-state index in [1.165, 1.54) is 0 Å². The molecule has 0 atom stereocenters. The fraction of sp³-hybridized carbons (Fsp3) is 0.235. The molecule has 0 aliphatic heterocycles. The molecule has 118 valence electrons. The summed E-state index contributed by atoms with van der Waals surface area (Å²) in [6.07, 6.45) is 3.83. The van der Waals surface area contributed by atoms with Crippen LogP contribution in [0.4, 0.5) is 0 Å². The van der Waals surface area contributed by atoms with E-state index >= 15 is 0 Å². The van der Waals surface area contributed by atoms with Gasteiger partial charge >= 0.3 is 0 Å². The molecule has 3 heterocycles. The van der Waals surface area contributed by atoms with Crippen LogP contribution in [0.2, 0.25) is 5.15 Å². The maximum Gasteiger partial charge on any atom is 0.188 e. The van der Waals surface area contributed by atoms with Gasteiger partial charge in [-0.3, -0.25) is 9.20 Å². The molecule has 0 aliphatic carbocycles. The number of carbonyl (C=O) groups is 1. The van der Waals surface area contributed by atoms with Gasteiger partial charge in [0.2, 0.25) is 0 Å². The normalized spacial score (nSPS) is 11.1. The molecule has 0 radical (unpaired) electrons. The topological polar surface area (TPSA) is 47.3 Å². The van der Waals surface area contributed by atoms with Crippen LogP contribution < -0.4 is 0 Å². The van der Waals surface area contributed by atoms with Crippen LogP contribution >= 0.6 is 23.4 Å². The van der Waals surface area contributed by atoms with Crippen molar-refractivity contribution in [2.45, 2.75) is 25.3 Å². The summed E-state index contributed by atoms with van der Waals surface area (Å²) < 4.78 is 1.96. The highest BCUT2D eigenvalue weighted by atomic mass is 35.5. The van der Waals surface area contributed by atoms with Crippen molar-refractivity contribution in [3.63, 3.8) is 0 Å². The fourth-order valence-electron chi connectivity index (χ4n) is 2.42. The van der Waals surface area contributed by atoms with Crippen molar-refractivity contribution in [2.24, 2.45) is 0 Å². The molecule has 0 bridgehead atoms. The minimum absolute atomic E-state index is 0.0426. The summed E-state index contributed by atoms with van der Waals surface area (Å²) in [5.41, 5.74) is 3.00. The number of fused-ring (bicyclic) bond motifs is 1. The van der Waals surface area contributed by atoms with Crippen molar-refractivity contribution in [1.29, 1.82) is 0 Å². The van der Waals surface area contributed by atoms with Gasteiger partial charge in [-0.25, -0.2) is 9.97 Å². The van der Waals surface area contributed by atoms with E-state index in [0.717, 1.165) is 27.6 Å². The van der Waals surface area contributed by atoms with Gasteiger partial charge in [0.15, 0.2) is 5.78 Å². The summed E-state index contributed by atoms with van der Waals surface area (Å²) in [6.45, 7) is 3.99. The number of hydrogen-bond donors (Lipinski definition) is 0.